The average molecular weight is 349 g/mol. The molecular weight excluding hydrogens is 334 g/mol. The van der Waals surface area contributed by atoms with Crippen LogP contribution in [0.2, 0.25) is 0 Å². The van der Waals surface area contributed by atoms with Gasteiger partial charge in [0.05, 0.1) is 16.3 Å². The summed E-state index contributed by atoms with van der Waals surface area (Å²) in [6, 6.07) is 15.6. The summed E-state index contributed by atoms with van der Waals surface area (Å²) in [7, 11) is 0. The first-order chi connectivity index (χ1) is 12.3. The van der Waals surface area contributed by atoms with Crippen LogP contribution < -0.4 is 5.32 Å². The lowest BCUT2D eigenvalue weighted by atomic mass is 10.1. The molecule has 3 heterocycles. The number of thiophene rings is 1. The van der Waals surface area contributed by atoms with Gasteiger partial charge in [-0.2, -0.15) is 10.2 Å². The summed E-state index contributed by atoms with van der Waals surface area (Å²) in [5.41, 5.74) is 4.28. The summed E-state index contributed by atoms with van der Waals surface area (Å²) in [5, 5.41) is 18.7. The van der Waals surface area contributed by atoms with E-state index in [2.05, 4.69) is 25.7 Å². The summed E-state index contributed by atoms with van der Waals surface area (Å²) in [6.45, 7) is 0.448. The van der Waals surface area contributed by atoms with Gasteiger partial charge in [0.15, 0.2) is 5.69 Å². The molecule has 0 aliphatic carbocycles. The molecule has 0 saturated heterocycles. The lowest BCUT2D eigenvalue weighted by molar-refractivity contribution is 0.0946. The van der Waals surface area contributed by atoms with Gasteiger partial charge in [-0.15, -0.1) is 11.3 Å². The molecule has 0 aliphatic rings. The highest BCUT2D eigenvalue weighted by Gasteiger charge is 2.11. The van der Waals surface area contributed by atoms with Crippen molar-refractivity contribution in [1.29, 1.82) is 0 Å². The Balaban J connectivity index is 1.39. The number of carbonyl (C=O) groups excluding carboxylic acids is 1. The Morgan fingerprint density at radius 1 is 1.08 bits per heavy atom. The summed E-state index contributed by atoms with van der Waals surface area (Å²) < 4.78 is 0. The first-order valence-electron chi connectivity index (χ1n) is 7.76. The molecule has 0 fully saturated rings. The first kappa shape index (κ1) is 15.3. The van der Waals surface area contributed by atoms with Crippen molar-refractivity contribution in [3.63, 3.8) is 0 Å². The number of benzene rings is 1. The molecule has 124 valence electrons. The van der Waals surface area contributed by atoms with Gasteiger partial charge in [-0.1, -0.05) is 30.3 Å². The third-order valence-corrected chi connectivity index (χ3v) is 4.72. The molecule has 0 bridgehead atoms. The number of nitrogens with zero attached hydrogens (tertiary/aromatic N) is 2. The largest absolute Gasteiger partial charge is 0.347 e. The fourth-order valence-electron chi connectivity index (χ4n) is 2.49. The molecule has 0 saturated carbocycles. The Kier molecular flexibility index (Phi) is 4.14. The summed E-state index contributed by atoms with van der Waals surface area (Å²) in [6.07, 6.45) is 1.72. The van der Waals surface area contributed by atoms with Crippen LogP contribution in [-0.2, 0) is 6.54 Å². The Bertz CT molecular complexity index is 956. The van der Waals surface area contributed by atoms with E-state index in [0.29, 0.717) is 12.2 Å². The SMILES string of the molecule is O=C(NCc1ccc(-c2ccn[nH]2)cc1)c1cc(-c2cccs2)[nH]n1. The van der Waals surface area contributed by atoms with Gasteiger partial charge in [-0.25, -0.2) is 0 Å². The van der Waals surface area contributed by atoms with Crippen LogP contribution in [0.3, 0.4) is 0 Å². The molecule has 3 N–H and O–H groups in total. The van der Waals surface area contributed by atoms with Crippen molar-refractivity contribution in [1.82, 2.24) is 25.7 Å². The van der Waals surface area contributed by atoms with Crippen LogP contribution >= 0.6 is 11.3 Å². The highest BCUT2D eigenvalue weighted by Crippen LogP contribution is 2.23. The summed E-state index contributed by atoms with van der Waals surface area (Å²) in [4.78, 5) is 13.3. The average Bonchev–Trinajstić information content (AvgIpc) is 3.42. The molecule has 7 heteroatoms. The zero-order valence-corrected chi connectivity index (χ0v) is 14.0. The molecule has 4 aromatic rings. The lowest BCUT2D eigenvalue weighted by Gasteiger charge is -2.04. The zero-order chi connectivity index (χ0) is 17.1. The van der Waals surface area contributed by atoms with Crippen molar-refractivity contribution >= 4 is 17.2 Å². The second-order valence-electron chi connectivity index (χ2n) is 5.49. The summed E-state index contributed by atoms with van der Waals surface area (Å²) in [5.74, 6) is -0.197. The number of nitrogens with one attached hydrogen (secondary N) is 3. The standard InChI is InChI=1S/C18H15N5OS/c24-18(16-10-15(22-23-16)17-2-1-9-25-17)19-11-12-3-5-13(6-4-12)14-7-8-20-21-14/h1-10H,11H2,(H,19,24)(H,20,21)(H,22,23). The zero-order valence-electron chi connectivity index (χ0n) is 13.2. The number of hydrogen-bond donors (Lipinski definition) is 3. The monoisotopic (exact) mass is 349 g/mol. The quantitative estimate of drug-likeness (QED) is 0.516. The van der Waals surface area contributed by atoms with Crippen molar-refractivity contribution in [2.45, 2.75) is 6.54 Å². The van der Waals surface area contributed by atoms with Gasteiger partial charge in [0.1, 0.15) is 0 Å². The molecule has 0 spiro atoms. The molecule has 0 atom stereocenters. The maximum atomic E-state index is 12.3. The van der Waals surface area contributed by atoms with Crippen molar-refractivity contribution in [2.75, 3.05) is 0 Å². The molecular formula is C18H15N5OS. The van der Waals surface area contributed by atoms with Gasteiger partial charge in [0.25, 0.3) is 5.91 Å². The molecule has 1 aromatic carbocycles. The lowest BCUT2D eigenvalue weighted by Crippen LogP contribution is -2.23. The number of H-pyrrole nitrogens is 2. The third-order valence-electron chi connectivity index (χ3n) is 3.82. The van der Waals surface area contributed by atoms with E-state index in [0.717, 1.165) is 27.4 Å². The fourth-order valence-corrected chi connectivity index (χ4v) is 3.18. The molecule has 6 nitrogen and oxygen atoms in total. The third kappa shape index (κ3) is 3.36. The Labute approximate surface area is 147 Å². The smallest absolute Gasteiger partial charge is 0.272 e. The molecule has 0 radical (unpaired) electrons. The van der Waals surface area contributed by atoms with E-state index in [1.54, 1.807) is 23.6 Å². The highest BCUT2D eigenvalue weighted by atomic mass is 32.1. The van der Waals surface area contributed by atoms with Crippen LogP contribution in [0, 0.1) is 0 Å². The van der Waals surface area contributed by atoms with E-state index in [-0.39, 0.29) is 5.91 Å². The second kappa shape index (κ2) is 6.74. The molecule has 3 aromatic heterocycles. The highest BCUT2D eigenvalue weighted by molar-refractivity contribution is 7.13. The maximum absolute atomic E-state index is 12.3. The number of carbonyl (C=O) groups is 1. The van der Waals surface area contributed by atoms with Crippen LogP contribution in [0.5, 0.6) is 0 Å². The molecule has 1 amide bonds. The van der Waals surface area contributed by atoms with Crippen molar-refractivity contribution < 1.29 is 4.79 Å². The van der Waals surface area contributed by atoms with E-state index in [4.69, 9.17) is 0 Å². The normalized spacial score (nSPS) is 10.7. The molecule has 0 aliphatic heterocycles. The van der Waals surface area contributed by atoms with Gasteiger partial charge in [-0.05, 0) is 34.7 Å². The van der Waals surface area contributed by atoms with E-state index in [1.807, 2.05) is 47.8 Å². The van der Waals surface area contributed by atoms with Crippen molar-refractivity contribution in [2.24, 2.45) is 0 Å². The van der Waals surface area contributed by atoms with Gasteiger partial charge in [-0.3, -0.25) is 15.0 Å². The number of aromatic amines is 2. The predicted molar refractivity (Wildman–Crippen MR) is 97.1 cm³/mol. The van der Waals surface area contributed by atoms with Crippen LogP contribution in [0.25, 0.3) is 21.8 Å². The molecule has 4 rings (SSSR count). The van der Waals surface area contributed by atoms with Gasteiger partial charge in [0, 0.05) is 12.7 Å². The minimum Gasteiger partial charge on any atom is -0.347 e. The van der Waals surface area contributed by atoms with E-state index in [1.165, 1.54) is 0 Å². The van der Waals surface area contributed by atoms with Gasteiger partial charge in [0.2, 0.25) is 0 Å². The Morgan fingerprint density at radius 3 is 2.68 bits per heavy atom. The molecule has 25 heavy (non-hydrogen) atoms. The maximum Gasteiger partial charge on any atom is 0.272 e. The number of amides is 1. The van der Waals surface area contributed by atoms with Crippen molar-refractivity contribution in [3.8, 4) is 21.8 Å². The van der Waals surface area contributed by atoms with E-state index < -0.39 is 0 Å². The first-order valence-corrected chi connectivity index (χ1v) is 8.64. The van der Waals surface area contributed by atoms with Crippen LogP contribution in [0.15, 0.2) is 60.1 Å². The predicted octanol–water partition coefficient (Wildman–Crippen LogP) is 3.46. The van der Waals surface area contributed by atoms with Crippen molar-refractivity contribution in [3.05, 3.63) is 71.4 Å². The van der Waals surface area contributed by atoms with Crippen LogP contribution in [-0.4, -0.2) is 26.3 Å². The minimum atomic E-state index is -0.197. The van der Waals surface area contributed by atoms with E-state index in [9.17, 15) is 4.79 Å². The number of aromatic nitrogens is 4. The second-order valence-corrected chi connectivity index (χ2v) is 6.44. The molecule has 0 unspecified atom stereocenters. The Morgan fingerprint density at radius 2 is 1.96 bits per heavy atom. The van der Waals surface area contributed by atoms with E-state index >= 15 is 0 Å². The topological polar surface area (TPSA) is 86.5 Å². The summed E-state index contributed by atoms with van der Waals surface area (Å²) >= 11 is 1.60. The van der Waals surface area contributed by atoms with Gasteiger partial charge < -0.3 is 5.32 Å². The fraction of sp³-hybridized carbons (Fsp3) is 0.0556. The van der Waals surface area contributed by atoms with Crippen LogP contribution in [0.1, 0.15) is 16.1 Å². The number of rotatable bonds is 5. The van der Waals surface area contributed by atoms with Gasteiger partial charge >= 0.3 is 0 Å². The van der Waals surface area contributed by atoms with Crippen LogP contribution in [0.4, 0.5) is 0 Å². The number of hydrogen-bond acceptors (Lipinski definition) is 4. The minimum absolute atomic E-state index is 0.197. The Hall–Kier alpha value is -3.19.